The van der Waals surface area contributed by atoms with Crippen molar-refractivity contribution in [2.75, 3.05) is 13.1 Å². The molecule has 5 rings (SSSR count). The van der Waals surface area contributed by atoms with E-state index in [1.807, 2.05) is 23.8 Å². The molecule has 9 heteroatoms. The zero-order valence-corrected chi connectivity index (χ0v) is 21.8. The molecule has 38 heavy (non-hydrogen) atoms. The van der Waals surface area contributed by atoms with Gasteiger partial charge in [0.1, 0.15) is 23.8 Å². The molecular formula is C29H30FN5O3. The molecular weight excluding hydrogens is 485 g/mol. The second-order valence-corrected chi connectivity index (χ2v) is 10.0. The Morgan fingerprint density at radius 1 is 1.29 bits per heavy atom. The van der Waals surface area contributed by atoms with E-state index in [4.69, 9.17) is 19.4 Å². The highest BCUT2D eigenvalue weighted by Gasteiger charge is 2.42. The molecule has 0 spiro atoms. The molecule has 3 aromatic heterocycles. The summed E-state index contributed by atoms with van der Waals surface area (Å²) in [5.41, 5.74) is 2.84. The molecule has 4 aromatic rings. The predicted octanol–water partition coefficient (Wildman–Crippen LogP) is 5.15. The first-order chi connectivity index (χ1) is 18.4. The van der Waals surface area contributed by atoms with Gasteiger partial charge in [0.05, 0.1) is 23.9 Å². The van der Waals surface area contributed by atoms with Crippen LogP contribution >= 0.6 is 0 Å². The molecule has 0 unspecified atom stereocenters. The lowest BCUT2D eigenvalue weighted by atomic mass is 9.67. The van der Waals surface area contributed by atoms with E-state index in [0.29, 0.717) is 41.4 Å². The van der Waals surface area contributed by atoms with E-state index in [1.54, 1.807) is 24.3 Å². The summed E-state index contributed by atoms with van der Waals surface area (Å²) >= 11 is 0. The Bertz CT molecular complexity index is 1520. The van der Waals surface area contributed by atoms with E-state index in [1.165, 1.54) is 6.07 Å². The van der Waals surface area contributed by atoms with Crippen LogP contribution in [0.5, 0.6) is 5.88 Å². The summed E-state index contributed by atoms with van der Waals surface area (Å²) in [6, 6.07) is 13.8. The summed E-state index contributed by atoms with van der Waals surface area (Å²) in [6.07, 6.45) is 2.56. The minimum Gasteiger partial charge on any atom is -0.473 e. The molecule has 0 N–H and O–H groups in total. The standard InChI is InChI=1S/C29H30FN5O3/c1-4-29(25-6-5-7-27(33-25)37-18-21-9-8-20(14-31)12-23(21)30)10-11-35(15-19(29)2)16-26-32-24-13-22(17-36)38-28(24)34(26)3/h5-9,12-13,17,19H,4,10-11,15-16,18H2,1-3H3/t19-,29-/m0/s1. The predicted molar refractivity (Wildman–Crippen MR) is 139 cm³/mol. The third-order valence-electron chi connectivity index (χ3n) is 7.91. The van der Waals surface area contributed by atoms with Gasteiger partial charge < -0.3 is 13.7 Å². The lowest BCUT2D eigenvalue weighted by Crippen LogP contribution is -2.48. The van der Waals surface area contributed by atoms with Crippen molar-refractivity contribution in [3.63, 3.8) is 0 Å². The summed E-state index contributed by atoms with van der Waals surface area (Å²) < 4.78 is 27.7. The Morgan fingerprint density at radius 2 is 2.13 bits per heavy atom. The van der Waals surface area contributed by atoms with Gasteiger partial charge >= 0.3 is 0 Å². The third kappa shape index (κ3) is 4.68. The van der Waals surface area contributed by atoms with Crippen molar-refractivity contribution in [3.05, 3.63) is 76.7 Å². The van der Waals surface area contributed by atoms with Gasteiger partial charge in [0.15, 0.2) is 12.0 Å². The minimum atomic E-state index is -0.462. The lowest BCUT2D eigenvalue weighted by molar-refractivity contribution is 0.0858. The average molecular weight is 516 g/mol. The van der Waals surface area contributed by atoms with Crippen LogP contribution < -0.4 is 4.74 Å². The molecule has 4 heterocycles. The second-order valence-electron chi connectivity index (χ2n) is 10.0. The molecule has 0 saturated carbocycles. The van der Waals surface area contributed by atoms with Gasteiger partial charge in [-0.3, -0.25) is 9.69 Å². The van der Waals surface area contributed by atoms with Crippen LogP contribution in [0.1, 0.15) is 59.9 Å². The Balaban J connectivity index is 1.28. The fourth-order valence-electron chi connectivity index (χ4n) is 5.59. The van der Waals surface area contributed by atoms with Crippen LogP contribution in [0.4, 0.5) is 4.39 Å². The summed E-state index contributed by atoms with van der Waals surface area (Å²) in [7, 11) is 1.91. The van der Waals surface area contributed by atoms with E-state index in [9.17, 15) is 9.18 Å². The van der Waals surface area contributed by atoms with Crippen molar-refractivity contribution < 1.29 is 18.3 Å². The first-order valence-electron chi connectivity index (χ1n) is 12.8. The summed E-state index contributed by atoms with van der Waals surface area (Å²) in [6.45, 7) is 6.95. The Morgan fingerprint density at radius 3 is 2.82 bits per heavy atom. The van der Waals surface area contributed by atoms with Crippen LogP contribution in [0.25, 0.3) is 11.2 Å². The number of piperidine rings is 1. The number of aromatic nitrogens is 3. The van der Waals surface area contributed by atoms with Crippen LogP contribution in [0.3, 0.4) is 0 Å². The van der Waals surface area contributed by atoms with Crippen molar-refractivity contribution in [1.29, 1.82) is 5.26 Å². The van der Waals surface area contributed by atoms with Crippen LogP contribution in [0, 0.1) is 23.1 Å². The van der Waals surface area contributed by atoms with Crippen LogP contribution in [-0.4, -0.2) is 38.8 Å². The van der Waals surface area contributed by atoms with Crippen molar-refractivity contribution >= 4 is 17.5 Å². The maximum Gasteiger partial charge on any atom is 0.227 e. The molecule has 2 atom stereocenters. The monoisotopic (exact) mass is 515 g/mol. The number of halogens is 1. The largest absolute Gasteiger partial charge is 0.473 e. The number of benzene rings is 1. The smallest absolute Gasteiger partial charge is 0.227 e. The zero-order chi connectivity index (χ0) is 26.9. The first-order valence-corrected chi connectivity index (χ1v) is 12.8. The van der Waals surface area contributed by atoms with E-state index in [0.717, 1.165) is 37.4 Å². The zero-order valence-electron chi connectivity index (χ0n) is 21.8. The van der Waals surface area contributed by atoms with Gasteiger partial charge in [-0.15, -0.1) is 0 Å². The molecule has 1 aliphatic rings. The number of hydrogen-bond acceptors (Lipinski definition) is 7. The molecule has 0 bridgehead atoms. The normalized spacial score (nSPS) is 19.9. The molecule has 1 aromatic carbocycles. The lowest BCUT2D eigenvalue weighted by Gasteiger charge is -2.46. The molecule has 0 amide bonds. The maximum atomic E-state index is 14.3. The number of ether oxygens (including phenoxy) is 1. The van der Waals surface area contributed by atoms with E-state index >= 15 is 0 Å². The van der Waals surface area contributed by atoms with E-state index in [-0.39, 0.29) is 23.3 Å². The quantitative estimate of drug-likeness (QED) is 0.299. The molecule has 1 aliphatic heterocycles. The van der Waals surface area contributed by atoms with Gasteiger partial charge in [0.25, 0.3) is 0 Å². The summed E-state index contributed by atoms with van der Waals surface area (Å²) in [4.78, 5) is 22.9. The number of nitriles is 1. The third-order valence-corrected chi connectivity index (χ3v) is 7.91. The number of rotatable bonds is 8. The van der Waals surface area contributed by atoms with Gasteiger partial charge in [-0.05, 0) is 43.5 Å². The number of nitrogens with zero attached hydrogens (tertiary/aromatic N) is 5. The number of carbonyl (C=O) groups excluding carboxylic acids is 1. The van der Waals surface area contributed by atoms with Crippen molar-refractivity contribution in [3.8, 4) is 11.9 Å². The molecule has 0 radical (unpaired) electrons. The van der Waals surface area contributed by atoms with Crippen LogP contribution in [0.15, 0.2) is 46.9 Å². The average Bonchev–Trinajstić information content (AvgIpc) is 3.46. The number of pyridine rings is 1. The number of aldehydes is 1. The summed E-state index contributed by atoms with van der Waals surface area (Å²) in [5, 5.41) is 8.95. The van der Waals surface area contributed by atoms with Gasteiger partial charge in [-0.2, -0.15) is 5.26 Å². The van der Waals surface area contributed by atoms with Crippen LogP contribution in [0.2, 0.25) is 0 Å². The van der Waals surface area contributed by atoms with Crippen molar-refractivity contribution in [2.24, 2.45) is 13.0 Å². The number of carbonyl (C=O) groups is 1. The highest BCUT2D eigenvalue weighted by Crippen LogP contribution is 2.42. The number of furan rings is 1. The molecule has 0 aliphatic carbocycles. The Labute approximate surface area is 220 Å². The molecule has 1 fully saturated rings. The summed E-state index contributed by atoms with van der Waals surface area (Å²) in [5.74, 6) is 1.50. The molecule has 8 nitrogen and oxygen atoms in total. The maximum absolute atomic E-state index is 14.3. The molecule has 196 valence electrons. The van der Waals surface area contributed by atoms with Crippen LogP contribution in [-0.2, 0) is 25.6 Å². The van der Waals surface area contributed by atoms with Crippen molar-refractivity contribution in [2.45, 2.75) is 45.3 Å². The SMILES string of the molecule is CC[C@]1(c2cccc(OCc3ccc(C#N)cc3F)n2)CCN(Cc2nc3cc(C=O)oc3n2C)C[C@@H]1C. The number of imidazole rings is 1. The van der Waals surface area contributed by atoms with E-state index in [2.05, 4.69) is 29.8 Å². The fourth-order valence-corrected chi connectivity index (χ4v) is 5.59. The van der Waals surface area contributed by atoms with Gasteiger partial charge in [0, 0.05) is 36.7 Å². The van der Waals surface area contributed by atoms with Gasteiger partial charge in [-0.1, -0.05) is 26.0 Å². The van der Waals surface area contributed by atoms with Gasteiger partial charge in [-0.25, -0.2) is 14.4 Å². The highest BCUT2D eigenvalue weighted by molar-refractivity contribution is 5.81. The molecule has 1 saturated heterocycles. The first kappa shape index (κ1) is 25.6. The Hall–Kier alpha value is -4.03. The number of aryl methyl sites for hydroxylation is 1. The van der Waals surface area contributed by atoms with E-state index < -0.39 is 5.82 Å². The van der Waals surface area contributed by atoms with Gasteiger partial charge in [0.2, 0.25) is 11.6 Å². The topological polar surface area (TPSA) is 97.2 Å². The Kier molecular flexibility index (Phi) is 7.00. The number of likely N-dealkylation sites (tertiary alicyclic amines) is 1. The number of fused-ring (bicyclic) bond motifs is 1. The number of hydrogen-bond donors (Lipinski definition) is 0. The second kappa shape index (κ2) is 10.4. The minimum absolute atomic E-state index is 0.0390. The van der Waals surface area contributed by atoms with Crippen molar-refractivity contribution in [1.82, 2.24) is 19.4 Å². The fraction of sp³-hybridized carbons (Fsp3) is 0.379. The highest BCUT2D eigenvalue weighted by atomic mass is 19.1.